The lowest BCUT2D eigenvalue weighted by molar-refractivity contribution is 0.0657. The Morgan fingerprint density at radius 2 is 2.06 bits per heavy atom. The summed E-state index contributed by atoms with van der Waals surface area (Å²) in [6, 6.07) is 1.66. The van der Waals surface area contributed by atoms with Gasteiger partial charge in [0.25, 0.3) is 5.91 Å². The molecule has 2 rings (SSSR count). The molecule has 2 heterocycles. The van der Waals surface area contributed by atoms with Gasteiger partial charge in [-0.25, -0.2) is 4.68 Å². The molecule has 6 nitrogen and oxygen atoms in total. The molecule has 0 unspecified atom stereocenters. The number of hydrogen-bond acceptors (Lipinski definition) is 4. The van der Waals surface area contributed by atoms with Gasteiger partial charge in [0.2, 0.25) is 0 Å². The highest BCUT2D eigenvalue weighted by molar-refractivity contribution is 5.93. The number of anilines is 1. The molecule has 1 saturated heterocycles. The molecule has 0 bridgehead atoms. The molecule has 1 aromatic heterocycles. The number of aryl methyl sites for hydroxylation is 1. The summed E-state index contributed by atoms with van der Waals surface area (Å²) in [6.45, 7) is 5.98. The molecule has 0 spiro atoms. The van der Waals surface area contributed by atoms with Crippen LogP contribution in [0.5, 0.6) is 0 Å². The van der Waals surface area contributed by atoms with Crippen molar-refractivity contribution < 1.29 is 4.79 Å². The summed E-state index contributed by atoms with van der Waals surface area (Å²) < 4.78 is 1.64. The summed E-state index contributed by atoms with van der Waals surface area (Å²) >= 11 is 0. The molecule has 1 aliphatic heterocycles. The number of aromatic nitrogens is 2. The van der Waals surface area contributed by atoms with Crippen LogP contribution in [-0.2, 0) is 6.54 Å². The van der Waals surface area contributed by atoms with E-state index in [4.69, 9.17) is 5.73 Å². The molecule has 2 N–H and O–H groups in total. The van der Waals surface area contributed by atoms with Gasteiger partial charge >= 0.3 is 0 Å². The van der Waals surface area contributed by atoms with Crippen molar-refractivity contribution in [3.63, 3.8) is 0 Å². The zero-order valence-electron chi connectivity index (χ0n) is 10.4. The van der Waals surface area contributed by atoms with Crippen molar-refractivity contribution in [3.05, 3.63) is 11.8 Å². The third-order valence-electron chi connectivity index (χ3n) is 3.12. The Balaban J connectivity index is 2.08. The maximum Gasteiger partial charge on any atom is 0.274 e. The summed E-state index contributed by atoms with van der Waals surface area (Å²) in [5, 5.41) is 4.21. The van der Waals surface area contributed by atoms with Gasteiger partial charge in [0.05, 0.1) is 0 Å². The second-order valence-corrected chi connectivity index (χ2v) is 4.37. The molecule has 0 aliphatic carbocycles. The molecule has 94 valence electrons. The van der Waals surface area contributed by atoms with Gasteiger partial charge in [-0.3, -0.25) is 4.79 Å². The fraction of sp³-hybridized carbons (Fsp3) is 0.636. The summed E-state index contributed by atoms with van der Waals surface area (Å²) in [4.78, 5) is 16.2. The normalized spacial score (nSPS) is 17.4. The maximum absolute atomic E-state index is 12.2. The fourth-order valence-corrected chi connectivity index (χ4v) is 1.96. The van der Waals surface area contributed by atoms with Gasteiger partial charge in [0, 0.05) is 38.8 Å². The smallest absolute Gasteiger partial charge is 0.274 e. The van der Waals surface area contributed by atoms with E-state index in [-0.39, 0.29) is 5.91 Å². The Bertz CT molecular complexity index is 406. The molecule has 1 aromatic rings. The van der Waals surface area contributed by atoms with E-state index in [1.54, 1.807) is 10.7 Å². The first-order chi connectivity index (χ1) is 8.11. The van der Waals surface area contributed by atoms with Gasteiger partial charge in [-0.2, -0.15) is 5.10 Å². The lowest BCUT2D eigenvalue weighted by atomic mass is 10.3. The average molecular weight is 237 g/mol. The Morgan fingerprint density at radius 1 is 1.41 bits per heavy atom. The van der Waals surface area contributed by atoms with Crippen LogP contribution >= 0.6 is 0 Å². The van der Waals surface area contributed by atoms with Crippen molar-refractivity contribution in [1.82, 2.24) is 19.6 Å². The maximum atomic E-state index is 12.2. The third kappa shape index (κ3) is 2.41. The van der Waals surface area contributed by atoms with E-state index in [2.05, 4.69) is 17.0 Å². The Morgan fingerprint density at radius 3 is 2.59 bits per heavy atom. The summed E-state index contributed by atoms with van der Waals surface area (Å²) in [5.74, 6) is 0.530. The van der Waals surface area contributed by atoms with Crippen LogP contribution in [0.4, 0.5) is 5.82 Å². The second-order valence-electron chi connectivity index (χ2n) is 4.37. The van der Waals surface area contributed by atoms with Crippen molar-refractivity contribution in [2.45, 2.75) is 13.5 Å². The minimum Gasteiger partial charge on any atom is -0.384 e. The van der Waals surface area contributed by atoms with Crippen LogP contribution in [0.1, 0.15) is 17.4 Å². The van der Waals surface area contributed by atoms with Crippen LogP contribution < -0.4 is 5.73 Å². The SMILES string of the molecule is CCn1nc(C(=O)N2CCN(C)CC2)cc1N. The predicted molar refractivity (Wildman–Crippen MR) is 65.7 cm³/mol. The summed E-state index contributed by atoms with van der Waals surface area (Å²) in [6.07, 6.45) is 0. The molecule has 1 aliphatic rings. The van der Waals surface area contributed by atoms with Gasteiger partial charge in [-0.15, -0.1) is 0 Å². The molecule has 17 heavy (non-hydrogen) atoms. The van der Waals surface area contributed by atoms with Crippen molar-refractivity contribution >= 4 is 11.7 Å². The zero-order valence-corrected chi connectivity index (χ0v) is 10.4. The van der Waals surface area contributed by atoms with Gasteiger partial charge in [0.1, 0.15) is 5.82 Å². The van der Waals surface area contributed by atoms with Crippen LogP contribution in [0, 0.1) is 0 Å². The second kappa shape index (κ2) is 4.75. The van der Waals surface area contributed by atoms with E-state index >= 15 is 0 Å². The Labute approximate surface area is 101 Å². The van der Waals surface area contributed by atoms with E-state index in [1.165, 1.54) is 0 Å². The fourth-order valence-electron chi connectivity index (χ4n) is 1.96. The van der Waals surface area contributed by atoms with Crippen LogP contribution in [0.3, 0.4) is 0 Å². The highest BCUT2D eigenvalue weighted by Crippen LogP contribution is 2.10. The monoisotopic (exact) mass is 237 g/mol. The van der Waals surface area contributed by atoms with E-state index in [1.807, 2.05) is 11.8 Å². The number of nitrogens with two attached hydrogens (primary N) is 1. The largest absolute Gasteiger partial charge is 0.384 e. The highest BCUT2D eigenvalue weighted by atomic mass is 16.2. The van der Waals surface area contributed by atoms with Crippen LogP contribution in [0.25, 0.3) is 0 Å². The number of rotatable bonds is 2. The minimum atomic E-state index is -0.0167. The number of carbonyl (C=O) groups excluding carboxylic acids is 1. The highest BCUT2D eigenvalue weighted by Gasteiger charge is 2.22. The van der Waals surface area contributed by atoms with Crippen molar-refractivity contribution in [3.8, 4) is 0 Å². The molecule has 6 heteroatoms. The number of nitrogen functional groups attached to an aromatic ring is 1. The van der Waals surface area contributed by atoms with E-state index in [0.29, 0.717) is 18.1 Å². The molecule has 1 fully saturated rings. The molecular formula is C11H19N5O. The molecule has 0 radical (unpaired) electrons. The third-order valence-corrected chi connectivity index (χ3v) is 3.12. The average Bonchev–Trinajstić information content (AvgIpc) is 2.70. The Kier molecular flexibility index (Phi) is 3.33. The Hall–Kier alpha value is -1.56. The number of carbonyl (C=O) groups is 1. The van der Waals surface area contributed by atoms with Crippen LogP contribution in [-0.4, -0.2) is 58.7 Å². The van der Waals surface area contributed by atoms with Gasteiger partial charge in [-0.1, -0.05) is 0 Å². The van der Waals surface area contributed by atoms with Crippen LogP contribution in [0.15, 0.2) is 6.07 Å². The van der Waals surface area contributed by atoms with Crippen LogP contribution in [0.2, 0.25) is 0 Å². The number of nitrogens with zero attached hydrogens (tertiary/aromatic N) is 4. The van der Waals surface area contributed by atoms with E-state index in [0.717, 1.165) is 26.2 Å². The van der Waals surface area contributed by atoms with E-state index in [9.17, 15) is 4.79 Å². The first-order valence-corrected chi connectivity index (χ1v) is 5.93. The molecule has 1 amide bonds. The minimum absolute atomic E-state index is 0.0167. The molecule has 0 atom stereocenters. The van der Waals surface area contributed by atoms with Crippen molar-refractivity contribution in [1.29, 1.82) is 0 Å². The first kappa shape index (κ1) is 11.9. The first-order valence-electron chi connectivity index (χ1n) is 5.93. The lowest BCUT2D eigenvalue weighted by Gasteiger charge is -2.31. The zero-order chi connectivity index (χ0) is 12.4. The van der Waals surface area contributed by atoms with E-state index < -0.39 is 0 Å². The summed E-state index contributed by atoms with van der Waals surface area (Å²) in [5.41, 5.74) is 6.22. The quantitative estimate of drug-likeness (QED) is 0.778. The van der Waals surface area contributed by atoms with Gasteiger partial charge < -0.3 is 15.5 Å². The van der Waals surface area contributed by atoms with Crippen molar-refractivity contribution in [2.24, 2.45) is 0 Å². The number of hydrogen-bond donors (Lipinski definition) is 1. The predicted octanol–water partition coefficient (Wildman–Crippen LogP) is -0.127. The number of amides is 1. The van der Waals surface area contributed by atoms with Crippen molar-refractivity contribution in [2.75, 3.05) is 39.0 Å². The standard InChI is InChI=1S/C11H19N5O/c1-3-16-10(12)8-9(13-16)11(17)15-6-4-14(2)5-7-15/h8H,3-7,12H2,1-2H3. The molecule has 0 saturated carbocycles. The topological polar surface area (TPSA) is 67.4 Å². The van der Waals surface area contributed by atoms with Gasteiger partial charge in [-0.05, 0) is 14.0 Å². The lowest BCUT2D eigenvalue weighted by Crippen LogP contribution is -2.47. The number of piperazine rings is 1. The molecule has 0 aromatic carbocycles. The van der Waals surface area contributed by atoms with Gasteiger partial charge in [0.15, 0.2) is 5.69 Å². The number of likely N-dealkylation sites (N-methyl/N-ethyl adjacent to an activating group) is 1. The summed E-state index contributed by atoms with van der Waals surface area (Å²) in [7, 11) is 2.06. The molecular weight excluding hydrogens is 218 g/mol.